The fraction of sp³-hybridized carbons (Fsp3) is 0.815. The molecule has 0 radical (unpaired) electrons. The Morgan fingerprint density at radius 1 is 0.440 bits per heavy atom. The molecule has 0 spiro atoms. The van der Waals surface area contributed by atoms with Gasteiger partial charge in [-0.25, -0.2) is 9.59 Å². The van der Waals surface area contributed by atoms with Gasteiger partial charge in [-0.1, -0.05) is 86.4 Å². The maximum atomic E-state index is 11.8. The lowest BCUT2D eigenvalue weighted by atomic mass is 9.98. The van der Waals surface area contributed by atoms with Crippen molar-refractivity contribution in [2.45, 2.75) is 293 Å². The van der Waals surface area contributed by atoms with Crippen molar-refractivity contribution in [2.75, 3.05) is 13.6 Å². The van der Waals surface area contributed by atoms with Crippen molar-refractivity contribution in [1.29, 1.82) is 0 Å². The molecule has 2 aliphatic carbocycles. The van der Waals surface area contributed by atoms with E-state index in [1.807, 2.05) is 177 Å². The van der Waals surface area contributed by atoms with Crippen LogP contribution in [0.3, 0.4) is 0 Å². The molecule has 2 aliphatic rings. The fourth-order valence-electron chi connectivity index (χ4n) is 6.11. The summed E-state index contributed by atoms with van der Waals surface area (Å²) in [7, 11) is 0. The zero-order chi connectivity index (χ0) is 65.7. The summed E-state index contributed by atoms with van der Waals surface area (Å²) >= 11 is 0. The molecule has 492 valence electrons. The topological polar surface area (TPSA) is 222 Å². The molecule has 0 bridgehead atoms. The predicted molar refractivity (Wildman–Crippen MR) is 325 cm³/mol. The molecule has 0 aliphatic heterocycles. The number of carbonyl (C=O) groups is 6. The lowest BCUT2D eigenvalue weighted by Crippen LogP contribution is -2.31. The highest BCUT2D eigenvalue weighted by molar-refractivity contribution is 5.89. The van der Waals surface area contributed by atoms with Crippen LogP contribution < -0.4 is 0 Å². The molecule has 19 heteroatoms. The van der Waals surface area contributed by atoms with Gasteiger partial charge in [-0.3, -0.25) is 19.2 Å². The molecule has 1 aromatic carbocycles. The molecule has 2 fully saturated rings. The van der Waals surface area contributed by atoms with Gasteiger partial charge in [0.25, 0.3) is 0 Å². The minimum Gasteiger partial charge on any atom is -0.438 e. The third-order valence-corrected chi connectivity index (χ3v) is 10.6. The maximum absolute atomic E-state index is 11.8. The van der Waals surface area contributed by atoms with Crippen molar-refractivity contribution in [3.8, 4) is 0 Å². The Bertz CT molecular complexity index is 1890. The molecule has 1 aromatic rings. The van der Waals surface area contributed by atoms with E-state index in [-0.39, 0.29) is 122 Å². The Morgan fingerprint density at radius 2 is 0.774 bits per heavy atom. The summed E-state index contributed by atoms with van der Waals surface area (Å²) in [6.07, 6.45) is 4.25. The lowest BCUT2D eigenvalue weighted by molar-refractivity contribution is -0.202. The predicted octanol–water partition coefficient (Wildman–Crippen LogP) is 15.0. The Morgan fingerprint density at radius 3 is 1.07 bits per heavy atom. The minimum atomic E-state index is -0.701. The molecule has 0 saturated heterocycles. The molecule has 4 unspecified atom stereocenters. The van der Waals surface area contributed by atoms with Crippen molar-refractivity contribution < 1.29 is 90.3 Å². The Hall–Kier alpha value is -4.40. The highest BCUT2D eigenvalue weighted by Gasteiger charge is 2.34. The third-order valence-electron chi connectivity index (χ3n) is 10.6. The van der Waals surface area contributed by atoms with Gasteiger partial charge in [0.15, 0.2) is 13.6 Å². The van der Waals surface area contributed by atoms with Crippen LogP contribution in [-0.4, -0.2) is 117 Å². The quantitative estimate of drug-likeness (QED) is 0.0504. The molecule has 3 rings (SSSR count). The van der Waals surface area contributed by atoms with Gasteiger partial charge in [0.05, 0.1) is 59.4 Å². The van der Waals surface area contributed by atoms with Crippen molar-refractivity contribution in [3.05, 3.63) is 35.9 Å². The van der Waals surface area contributed by atoms with E-state index >= 15 is 0 Å². The van der Waals surface area contributed by atoms with Gasteiger partial charge < -0.3 is 61.6 Å². The van der Waals surface area contributed by atoms with Crippen LogP contribution in [0.1, 0.15) is 236 Å². The van der Waals surface area contributed by atoms with Gasteiger partial charge in [-0.2, -0.15) is 0 Å². The van der Waals surface area contributed by atoms with Crippen LogP contribution >= 0.6 is 0 Å². The van der Waals surface area contributed by atoms with E-state index < -0.39 is 36.0 Å². The second-order valence-electron chi connectivity index (χ2n) is 25.7. The SMILES string of the molecule is CC(=O)OC(OC(C)C)C(C)C.CC(C)OC(OC(=O)C1CC1)C(C)C.CC(C)OC(OC(=O)C1CCCC1)C(C)C.CC(C)OC(OC(=O)c1ccccc1)C(C)C.CC(C)OCOC(=O)C(C)(C)C.CC(C)OCOC(=O)OC(C)(C)C. The van der Waals surface area contributed by atoms with Gasteiger partial charge in [-0.05, 0) is 162 Å². The first-order chi connectivity index (χ1) is 38.6. The van der Waals surface area contributed by atoms with Crippen LogP contribution in [-0.2, 0) is 80.8 Å². The highest BCUT2D eigenvalue weighted by Crippen LogP contribution is 2.31. The minimum absolute atomic E-state index is 0.0333. The van der Waals surface area contributed by atoms with Crippen LogP contribution in [0.2, 0.25) is 0 Å². The molecular formula is C65H118O19. The Balaban J connectivity index is -0.000000943. The maximum Gasteiger partial charge on any atom is 0.510 e. The molecule has 0 amide bonds. The summed E-state index contributed by atoms with van der Waals surface area (Å²) in [4.78, 5) is 67.8. The van der Waals surface area contributed by atoms with E-state index in [9.17, 15) is 28.8 Å². The van der Waals surface area contributed by atoms with Crippen LogP contribution in [0, 0.1) is 40.9 Å². The monoisotopic (exact) mass is 1200 g/mol. The van der Waals surface area contributed by atoms with E-state index in [2.05, 4.69) is 4.74 Å². The summed E-state index contributed by atoms with van der Waals surface area (Å²) in [5.41, 5.74) is -0.416. The van der Waals surface area contributed by atoms with Crippen LogP contribution in [0.25, 0.3) is 0 Å². The number of ether oxygens (including phenoxy) is 13. The molecule has 4 atom stereocenters. The molecule has 0 N–H and O–H groups in total. The molecule has 0 heterocycles. The van der Waals surface area contributed by atoms with Gasteiger partial charge in [0.2, 0.25) is 25.2 Å². The van der Waals surface area contributed by atoms with Crippen molar-refractivity contribution in [3.63, 3.8) is 0 Å². The fourth-order valence-corrected chi connectivity index (χ4v) is 6.11. The van der Waals surface area contributed by atoms with Crippen molar-refractivity contribution in [1.82, 2.24) is 0 Å². The number of esters is 5. The van der Waals surface area contributed by atoms with Gasteiger partial charge in [-0.15, -0.1) is 0 Å². The second kappa shape index (κ2) is 45.0. The smallest absolute Gasteiger partial charge is 0.438 e. The number of benzene rings is 1. The zero-order valence-electron chi connectivity index (χ0n) is 57.0. The van der Waals surface area contributed by atoms with Crippen molar-refractivity contribution in [2.24, 2.45) is 40.9 Å². The van der Waals surface area contributed by atoms with Gasteiger partial charge in [0, 0.05) is 30.6 Å². The number of hydrogen-bond acceptors (Lipinski definition) is 19. The van der Waals surface area contributed by atoms with E-state index in [1.165, 1.54) is 6.92 Å². The van der Waals surface area contributed by atoms with E-state index in [0.717, 1.165) is 38.5 Å². The van der Waals surface area contributed by atoms with Crippen LogP contribution in [0.15, 0.2) is 30.3 Å². The van der Waals surface area contributed by atoms with E-state index in [4.69, 9.17) is 56.8 Å². The van der Waals surface area contributed by atoms with E-state index in [0.29, 0.717) is 5.56 Å². The number of rotatable bonds is 25. The van der Waals surface area contributed by atoms with Crippen LogP contribution in [0.4, 0.5) is 4.79 Å². The Kier molecular flexibility index (Phi) is 44.9. The highest BCUT2D eigenvalue weighted by atomic mass is 16.8. The summed E-state index contributed by atoms with van der Waals surface area (Å²) in [6.45, 7) is 51.0. The van der Waals surface area contributed by atoms with E-state index in [1.54, 1.807) is 32.9 Å². The average Bonchev–Trinajstić information content (AvgIpc) is 4.25. The first kappa shape index (κ1) is 83.8. The lowest BCUT2D eigenvalue weighted by Gasteiger charge is -2.25. The van der Waals surface area contributed by atoms with Gasteiger partial charge >= 0.3 is 36.0 Å². The molecule has 84 heavy (non-hydrogen) atoms. The zero-order valence-corrected chi connectivity index (χ0v) is 57.0. The normalized spacial score (nSPS) is 14.8. The van der Waals surface area contributed by atoms with Crippen LogP contribution in [0.5, 0.6) is 0 Å². The standard InChI is InChI=1S/C14H20O3.C13H24O3.C11H20O3.C9H18O4.2C9H18O3/c1-10(2)14(16-11(3)4)17-13(15)12-8-6-5-7-9-12;1-9(2)13(15-10(3)4)16-12(14)11-7-5-6-8-11;1-7(2)11(13-8(3)4)14-10(12)9-5-6-9;1-7(2)11-6-12-8(10)13-9(3,4)5;1-7(2)11-6-12-8(10)9(3,4)5;1-6(2)9(11-7(3)4)12-8(5)10/h5-11,14H,1-4H3;9-11,13H,5-8H2,1-4H3;7-9,11H,5-6H2,1-4H3;7H,6H2,1-5H3;7H,6H2,1-5H3;6-7,9H,1-5H3. The molecular weight excluding hydrogens is 1080 g/mol. The average molecular weight is 1200 g/mol. The third kappa shape index (κ3) is 48.8. The molecule has 0 aromatic heterocycles. The molecule has 2 saturated carbocycles. The first-order valence-electron chi connectivity index (χ1n) is 30.3. The first-order valence-corrected chi connectivity index (χ1v) is 30.3. The largest absolute Gasteiger partial charge is 0.510 e. The van der Waals surface area contributed by atoms with Gasteiger partial charge in [0.1, 0.15) is 5.60 Å². The Labute approximate surface area is 507 Å². The second-order valence-corrected chi connectivity index (χ2v) is 25.7. The summed E-state index contributed by atoms with van der Waals surface area (Å²) in [5.74, 6) is -0.0538. The number of hydrogen-bond donors (Lipinski definition) is 0. The van der Waals surface area contributed by atoms with Crippen molar-refractivity contribution >= 4 is 36.0 Å². The summed E-state index contributed by atoms with van der Waals surface area (Å²) < 4.78 is 67.5. The summed E-state index contributed by atoms with van der Waals surface area (Å²) in [6, 6.07) is 8.94. The molecule has 19 nitrogen and oxygen atoms in total. The number of carbonyl (C=O) groups excluding carboxylic acids is 6. The summed E-state index contributed by atoms with van der Waals surface area (Å²) in [5, 5.41) is 0.